The summed E-state index contributed by atoms with van der Waals surface area (Å²) >= 11 is 0. The smallest absolute Gasteiger partial charge is 0.493 e. The van der Waals surface area contributed by atoms with E-state index in [1.165, 1.54) is 0 Å². The quantitative estimate of drug-likeness (QED) is 0.414. The maximum atomic E-state index is 12.8. The molecule has 2 fully saturated rings. The summed E-state index contributed by atoms with van der Waals surface area (Å²) in [6.07, 6.45) is 3.32. The van der Waals surface area contributed by atoms with Crippen molar-refractivity contribution in [2.45, 2.75) is 116 Å². The van der Waals surface area contributed by atoms with Gasteiger partial charge in [-0.3, -0.25) is 0 Å². The standard InChI is InChI=1S/C27H42BNO7/c1-18-17-19(28-35-26(5,6)27(7,8)36-28)13-14-22(18)32-16-15-21(29-24(31)34-25(2,3)4)23(30)33-20-11-9-10-12-20/h13-14,17,20-21H,9-12,15-16H2,1-8H3,(H,29,31)/t21-/m0/s1. The Morgan fingerprint density at radius 1 is 1.11 bits per heavy atom. The predicted molar refractivity (Wildman–Crippen MR) is 139 cm³/mol. The van der Waals surface area contributed by atoms with Gasteiger partial charge in [-0.05, 0) is 98.2 Å². The highest BCUT2D eigenvalue weighted by Gasteiger charge is 2.51. The van der Waals surface area contributed by atoms with Gasteiger partial charge in [0, 0.05) is 6.42 Å². The highest BCUT2D eigenvalue weighted by molar-refractivity contribution is 6.62. The molecule has 36 heavy (non-hydrogen) atoms. The molecule has 200 valence electrons. The van der Waals surface area contributed by atoms with Crippen LogP contribution in [0, 0.1) is 6.92 Å². The van der Waals surface area contributed by atoms with Crippen molar-refractivity contribution in [3.8, 4) is 5.75 Å². The van der Waals surface area contributed by atoms with E-state index in [-0.39, 0.29) is 19.1 Å². The maximum absolute atomic E-state index is 12.8. The zero-order valence-electron chi connectivity index (χ0n) is 23.1. The lowest BCUT2D eigenvalue weighted by Gasteiger charge is -2.32. The molecule has 1 aromatic carbocycles. The number of esters is 1. The first-order chi connectivity index (χ1) is 16.7. The summed E-state index contributed by atoms with van der Waals surface area (Å²) in [4.78, 5) is 25.2. The number of nitrogens with one attached hydrogen (secondary N) is 1. The van der Waals surface area contributed by atoms with Gasteiger partial charge >= 0.3 is 19.2 Å². The fourth-order valence-corrected chi connectivity index (χ4v) is 4.20. The van der Waals surface area contributed by atoms with Crippen molar-refractivity contribution >= 4 is 24.6 Å². The molecule has 1 atom stereocenters. The normalized spacial score (nSPS) is 20.2. The molecule has 0 spiro atoms. The van der Waals surface area contributed by atoms with E-state index in [1.807, 2.05) is 52.8 Å². The molecule has 0 aromatic heterocycles. The van der Waals surface area contributed by atoms with Crippen LogP contribution in [0.4, 0.5) is 4.79 Å². The molecular formula is C27H42BNO7. The van der Waals surface area contributed by atoms with Gasteiger partial charge in [0.1, 0.15) is 23.5 Å². The van der Waals surface area contributed by atoms with Crippen LogP contribution in [-0.2, 0) is 23.6 Å². The lowest BCUT2D eigenvalue weighted by atomic mass is 9.78. The molecular weight excluding hydrogens is 461 g/mol. The minimum absolute atomic E-state index is 0.0916. The molecule has 1 amide bonds. The second-order valence-corrected chi connectivity index (χ2v) is 11.8. The lowest BCUT2D eigenvalue weighted by Crippen LogP contribution is -2.45. The Bertz CT molecular complexity index is 919. The number of rotatable bonds is 8. The van der Waals surface area contributed by atoms with Crippen LogP contribution in [0.15, 0.2) is 18.2 Å². The highest BCUT2D eigenvalue weighted by Crippen LogP contribution is 2.36. The number of carbonyl (C=O) groups is 2. The minimum Gasteiger partial charge on any atom is -0.493 e. The van der Waals surface area contributed by atoms with E-state index in [0.29, 0.717) is 5.75 Å². The van der Waals surface area contributed by atoms with E-state index in [2.05, 4.69) is 5.32 Å². The van der Waals surface area contributed by atoms with E-state index < -0.39 is 42.0 Å². The number of ether oxygens (including phenoxy) is 3. The van der Waals surface area contributed by atoms with Gasteiger partial charge in [0.15, 0.2) is 0 Å². The molecule has 1 saturated carbocycles. The molecule has 0 unspecified atom stereocenters. The summed E-state index contributed by atoms with van der Waals surface area (Å²) in [6, 6.07) is 4.94. The maximum Gasteiger partial charge on any atom is 0.494 e. The fraction of sp³-hybridized carbons (Fsp3) is 0.704. The SMILES string of the molecule is Cc1cc(B2OC(C)(C)C(C)(C)O2)ccc1OCC[C@H](NC(=O)OC(C)(C)C)C(=O)OC1CCCC1. The number of carbonyl (C=O) groups excluding carboxylic acids is 2. The van der Waals surface area contributed by atoms with Crippen LogP contribution in [0.5, 0.6) is 5.75 Å². The monoisotopic (exact) mass is 503 g/mol. The summed E-state index contributed by atoms with van der Waals surface area (Å²) in [5.74, 6) is 0.236. The third-order valence-corrected chi connectivity index (χ3v) is 6.95. The van der Waals surface area contributed by atoms with Crippen LogP contribution in [0.1, 0.15) is 86.1 Å². The molecule has 9 heteroatoms. The van der Waals surface area contributed by atoms with E-state index in [9.17, 15) is 9.59 Å². The van der Waals surface area contributed by atoms with Gasteiger partial charge in [-0.1, -0.05) is 12.1 Å². The van der Waals surface area contributed by atoms with Gasteiger partial charge in [0.25, 0.3) is 0 Å². The molecule has 1 N–H and O–H groups in total. The van der Waals surface area contributed by atoms with Crippen molar-refractivity contribution < 1.29 is 33.1 Å². The van der Waals surface area contributed by atoms with Crippen LogP contribution in [0.3, 0.4) is 0 Å². The van der Waals surface area contributed by atoms with Gasteiger partial charge in [-0.2, -0.15) is 0 Å². The average molecular weight is 503 g/mol. The molecule has 0 radical (unpaired) electrons. The fourth-order valence-electron chi connectivity index (χ4n) is 4.20. The zero-order chi connectivity index (χ0) is 26.7. The first kappa shape index (κ1) is 28.3. The molecule has 0 bridgehead atoms. The number of hydrogen-bond acceptors (Lipinski definition) is 7. The number of benzene rings is 1. The molecule has 3 rings (SSSR count). The Hall–Kier alpha value is -2.26. The van der Waals surface area contributed by atoms with Crippen molar-refractivity contribution in [1.82, 2.24) is 5.32 Å². The summed E-state index contributed by atoms with van der Waals surface area (Å²) in [6.45, 7) is 15.6. The van der Waals surface area contributed by atoms with Crippen LogP contribution in [-0.4, -0.2) is 54.7 Å². The molecule has 1 aliphatic carbocycles. The van der Waals surface area contributed by atoms with Crippen molar-refractivity contribution in [3.05, 3.63) is 23.8 Å². The highest BCUT2D eigenvalue weighted by atomic mass is 16.7. The van der Waals surface area contributed by atoms with E-state index >= 15 is 0 Å². The Morgan fingerprint density at radius 3 is 2.28 bits per heavy atom. The Morgan fingerprint density at radius 2 is 1.72 bits per heavy atom. The van der Waals surface area contributed by atoms with Crippen molar-refractivity contribution in [2.75, 3.05) is 6.61 Å². The van der Waals surface area contributed by atoms with Gasteiger partial charge in [-0.25, -0.2) is 9.59 Å². The van der Waals surface area contributed by atoms with Gasteiger partial charge in [-0.15, -0.1) is 0 Å². The summed E-state index contributed by atoms with van der Waals surface area (Å²) < 4.78 is 29.3. The van der Waals surface area contributed by atoms with Gasteiger partial charge in [0.05, 0.1) is 17.8 Å². The molecule has 8 nitrogen and oxygen atoms in total. The number of aryl methyl sites for hydroxylation is 1. The van der Waals surface area contributed by atoms with Crippen molar-refractivity contribution in [1.29, 1.82) is 0 Å². The van der Waals surface area contributed by atoms with E-state index in [1.54, 1.807) is 20.8 Å². The van der Waals surface area contributed by atoms with Gasteiger partial charge in [0.2, 0.25) is 0 Å². The zero-order valence-corrected chi connectivity index (χ0v) is 23.1. The number of amides is 1. The third-order valence-electron chi connectivity index (χ3n) is 6.95. The topological polar surface area (TPSA) is 92.3 Å². The van der Waals surface area contributed by atoms with Crippen molar-refractivity contribution in [2.24, 2.45) is 0 Å². The van der Waals surface area contributed by atoms with Crippen LogP contribution in [0.25, 0.3) is 0 Å². The van der Waals surface area contributed by atoms with Crippen molar-refractivity contribution in [3.63, 3.8) is 0 Å². The van der Waals surface area contributed by atoms with E-state index in [4.69, 9.17) is 23.5 Å². The second kappa shape index (κ2) is 11.0. The predicted octanol–water partition coefficient (Wildman–Crippen LogP) is 4.44. The summed E-state index contributed by atoms with van der Waals surface area (Å²) in [5.41, 5.74) is 0.348. The molecule has 1 aliphatic heterocycles. The average Bonchev–Trinajstić information content (AvgIpc) is 3.32. The first-order valence-electron chi connectivity index (χ1n) is 13.0. The lowest BCUT2D eigenvalue weighted by molar-refractivity contribution is -0.151. The van der Waals surface area contributed by atoms with E-state index in [0.717, 1.165) is 36.7 Å². The van der Waals surface area contributed by atoms with Gasteiger partial charge < -0.3 is 28.8 Å². The third kappa shape index (κ3) is 7.38. The molecule has 1 aromatic rings. The minimum atomic E-state index is -0.857. The Labute approximate surface area is 215 Å². The van der Waals surface area contributed by atoms with Crippen LogP contribution in [0.2, 0.25) is 0 Å². The van der Waals surface area contributed by atoms with Crippen LogP contribution >= 0.6 is 0 Å². The molecule has 1 heterocycles. The van der Waals surface area contributed by atoms with Crippen LogP contribution < -0.4 is 15.5 Å². The number of hydrogen-bond donors (Lipinski definition) is 1. The summed E-state index contributed by atoms with van der Waals surface area (Å²) in [5, 5.41) is 2.66. The summed E-state index contributed by atoms with van der Waals surface area (Å²) in [7, 11) is -0.449. The first-order valence-corrected chi connectivity index (χ1v) is 13.0. The molecule has 2 aliphatic rings. The second-order valence-electron chi connectivity index (χ2n) is 11.8. The number of alkyl carbamates (subject to hydrolysis) is 1. The largest absolute Gasteiger partial charge is 0.494 e. The Balaban J connectivity index is 1.60. The molecule has 1 saturated heterocycles. The Kier molecular flexibility index (Phi) is 8.66.